The summed E-state index contributed by atoms with van der Waals surface area (Å²) in [4.78, 5) is 27.2. The molecule has 1 spiro atoms. The number of nitrogens with one attached hydrogen (secondary N) is 1. The lowest BCUT2D eigenvalue weighted by Crippen LogP contribution is -2.27. The van der Waals surface area contributed by atoms with Crippen molar-refractivity contribution in [3.05, 3.63) is 51.5 Å². The molecule has 5 nitrogen and oxygen atoms in total. The molecule has 1 amide bonds. The minimum absolute atomic E-state index is 0.0325. The third-order valence-corrected chi connectivity index (χ3v) is 5.82. The number of thiazole rings is 1. The second-order valence-corrected chi connectivity index (χ2v) is 7.16. The second-order valence-electron chi connectivity index (χ2n) is 6.22. The van der Waals surface area contributed by atoms with Gasteiger partial charge >= 0.3 is 5.97 Å². The highest BCUT2D eigenvalue weighted by molar-refractivity contribution is 7.09. The first-order chi connectivity index (χ1) is 11.1. The smallest absolute Gasteiger partial charge is 0.355 e. The lowest BCUT2D eigenvalue weighted by atomic mass is 9.95. The third-order valence-electron chi connectivity index (χ3n) is 4.97. The zero-order valence-corrected chi connectivity index (χ0v) is 13.2. The summed E-state index contributed by atoms with van der Waals surface area (Å²) in [5.41, 5.74) is 2.78. The Morgan fingerprint density at radius 3 is 3.00 bits per heavy atom. The number of carboxylic acids is 1. The average Bonchev–Trinajstić information content (AvgIpc) is 2.91. The molecule has 2 aromatic rings. The van der Waals surface area contributed by atoms with Gasteiger partial charge < -0.3 is 10.4 Å². The zero-order valence-electron chi connectivity index (χ0n) is 12.4. The molecule has 2 atom stereocenters. The molecule has 1 aromatic carbocycles. The van der Waals surface area contributed by atoms with Gasteiger partial charge in [-0.2, -0.15) is 0 Å². The van der Waals surface area contributed by atoms with E-state index in [0.29, 0.717) is 11.6 Å². The van der Waals surface area contributed by atoms with Crippen molar-refractivity contribution in [3.63, 3.8) is 0 Å². The predicted molar refractivity (Wildman–Crippen MR) is 85.5 cm³/mol. The van der Waals surface area contributed by atoms with Gasteiger partial charge in [0.15, 0.2) is 5.69 Å². The Kier molecular flexibility index (Phi) is 3.23. The second kappa shape index (κ2) is 5.16. The van der Waals surface area contributed by atoms with Crippen molar-refractivity contribution in [3.8, 4) is 0 Å². The van der Waals surface area contributed by atoms with Gasteiger partial charge in [0.2, 0.25) is 5.91 Å². The van der Waals surface area contributed by atoms with Gasteiger partial charge in [-0.3, -0.25) is 4.79 Å². The number of aromatic nitrogens is 1. The minimum Gasteiger partial charge on any atom is -0.476 e. The van der Waals surface area contributed by atoms with Crippen LogP contribution in [0.15, 0.2) is 29.6 Å². The Morgan fingerprint density at radius 2 is 2.22 bits per heavy atom. The predicted octanol–water partition coefficient (Wildman–Crippen LogP) is 2.36. The molecule has 4 rings (SSSR count). The standard InChI is InChI=1S/C17H16N2O3S/c20-15(18-8-14-19-13(9-23-14)16(21)22)12-7-17(12)6-5-10-3-1-2-4-11(10)17/h1-4,9,12H,5-8H2,(H,18,20)(H,21,22). The summed E-state index contributed by atoms with van der Waals surface area (Å²) in [6, 6.07) is 8.40. The highest BCUT2D eigenvalue weighted by atomic mass is 32.1. The van der Waals surface area contributed by atoms with Crippen LogP contribution in [-0.4, -0.2) is 22.0 Å². The number of hydrogen-bond donors (Lipinski definition) is 2. The van der Waals surface area contributed by atoms with Crippen LogP contribution in [0, 0.1) is 5.92 Å². The fourth-order valence-electron chi connectivity index (χ4n) is 3.72. The number of rotatable bonds is 4. The summed E-state index contributed by atoms with van der Waals surface area (Å²) < 4.78 is 0. The van der Waals surface area contributed by atoms with E-state index in [2.05, 4.69) is 28.5 Å². The molecule has 2 aliphatic carbocycles. The van der Waals surface area contributed by atoms with Gasteiger partial charge in [-0.05, 0) is 30.4 Å². The van der Waals surface area contributed by atoms with E-state index in [1.807, 2.05) is 6.07 Å². The van der Waals surface area contributed by atoms with Crippen LogP contribution in [0.3, 0.4) is 0 Å². The molecule has 0 saturated heterocycles. The Morgan fingerprint density at radius 1 is 1.39 bits per heavy atom. The van der Waals surface area contributed by atoms with Crippen LogP contribution < -0.4 is 5.32 Å². The number of carbonyl (C=O) groups excluding carboxylic acids is 1. The molecule has 6 heteroatoms. The van der Waals surface area contributed by atoms with Gasteiger partial charge in [0, 0.05) is 16.7 Å². The number of aromatic carboxylic acids is 1. The van der Waals surface area contributed by atoms with Crippen LogP contribution in [0.1, 0.15) is 39.5 Å². The summed E-state index contributed by atoms with van der Waals surface area (Å²) >= 11 is 1.26. The van der Waals surface area contributed by atoms with Crippen molar-refractivity contribution < 1.29 is 14.7 Å². The molecule has 0 aliphatic heterocycles. The number of fused-ring (bicyclic) bond motifs is 2. The molecule has 118 valence electrons. The fraction of sp³-hybridized carbons (Fsp3) is 0.353. The van der Waals surface area contributed by atoms with E-state index < -0.39 is 5.97 Å². The monoisotopic (exact) mass is 328 g/mol. The van der Waals surface area contributed by atoms with Crippen molar-refractivity contribution in [2.75, 3.05) is 0 Å². The zero-order chi connectivity index (χ0) is 16.0. The topological polar surface area (TPSA) is 79.3 Å². The van der Waals surface area contributed by atoms with E-state index in [1.54, 1.807) is 0 Å². The van der Waals surface area contributed by atoms with Crippen molar-refractivity contribution in [1.82, 2.24) is 10.3 Å². The number of amides is 1. The SMILES string of the molecule is O=C(O)c1csc(CNC(=O)C2CC23CCc2ccccc23)n1. The van der Waals surface area contributed by atoms with Gasteiger partial charge in [0.05, 0.1) is 6.54 Å². The van der Waals surface area contributed by atoms with Gasteiger partial charge in [0.25, 0.3) is 0 Å². The summed E-state index contributed by atoms with van der Waals surface area (Å²) in [7, 11) is 0. The lowest BCUT2D eigenvalue weighted by molar-refractivity contribution is -0.122. The Balaban J connectivity index is 1.41. The first kappa shape index (κ1) is 14.4. The summed E-state index contributed by atoms with van der Waals surface area (Å²) in [6.07, 6.45) is 3.01. The molecule has 0 radical (unpaired) electrons. The number of aryl methyl sites for hydroxylation is 1. The van der Waals surface area contributed by atoms with E-state index in [0.717, 1.165) is 19.3 Å². The Hall–Kier alpha value is -2.21. The van der Waals surface area contributed by atoms with Crippen LogP contribution >= 0.6 is 11.3 Å². The molecule has 2 N–H and O–H groups in total. The molecule has 23 heavy (non-hydrogen) atoms. The maximum absolute atomic E-state index is 12.4. The molecular formula is C17H16N2O3S. The molecule has 1 heterocycles. The third kappa shape index (κ3) is 2.34. The molecule has 1 aromatic heterocycles. The lowest BCUT2D eigenvalue weighted by Gasteiger charge is -2.11. The summed E-state index contributed by atoms with van der Waals surface area (Å²) in [5, 5.41) is 13.9. The maximum Gasteiger partial charge on any atom is 0.355 e. The van der Waals surface area contributed by atoms with Crippen molar-refractivity contribution in [1.29, 1.82) is 0 Å². The average molecular weight is 328 g/mol. The molecule has 2 aliphatic rings. The molecule has 0 bridgehead atoms. The molecule has 2 unspecified atom stereocenters. The number of carbonyl (C=O) groups is 2. The first-order valence-electron chi connectivity index (χ1n) is 7.64. The quantitative estimate of drug-likeness (QED) is 0.903. The largest absolute Gasteiger partial charge is 0.476 e. The highest BCUT2D eigenvalue weighted by Gasteiger charge is 2.61. The minimum atomic E-state index is -1.04. The van der Waals surface area contributed by atoms with Crippen molar-refractivity contribution >= 4 is 23.2 Å². The van der Waals surface area contributed by atoms with E-state index >= 15 is 0 Å². The highest BCUT2D eigenvalue weighted by Crippen LogP contribution is 2.61. The van der Waals surface area contributed by atoms with E-state index in [9.17, 15) is 9.59 Å². The van der Waals surface area contributed by atoms with Crippen LogP contribution in [0.4, 0.5) is 0 Å². The van der Waals surface area contributed by atoms with Gasteiger partial charge in [-0.25, -0.2) is 9.78 Å². The number of hydrogen-bond acceptors (Lipinski definition) is 4. The molecular weight excluding hydrogens is 312 g/mol. The fourth-order valence-corrected chi connectivity index (χ4v) is 4.42. The van der Waals surface area contributed by atoms with Crippen molar-refractivity contribution in [2.45, 2.75) is 31.2 Å². The first-order valence-corrected chi connectivity index (χ1v) is 8.52. The normalized spacial score (nSPS) is 24.4. The molecule has 1 saturated carbocycles. The number of carboxylic acid groups (broad SMARTS) is 1. The van der Waals surface area contributed by atoms with Crippen LogP contribution in [0.2, 0.25) is 0 Å². The number of nitrogens with zero attached hydrogens (tertiary/aromatic N) is 1. The Labute approximate surface area is 137 Å². The summed E-state index contributed by atoms with van der Waals surface area (Å²) in [6.45, 7) is 0.297. The number of benzene rings is 1. The van der Waals surface area contributed by atoms with Gasteiger partial charge in [-0.1, -0.05) is 24.3 Å². The van der Waals surface area contributed by atoms with Crippen LogP contribution in [0.5, 0.6) is 0 Å². The van der Waals surface area contributed by atoms with Crippen LogP contribution in [0.25, 0.3) is 0 Å². The van der Waals surface area contributed by atoms with Gasteiger partial charge in [-0.15, -0.1) is 11.3 Å². The van der Waals surface area contributed by atoms with Crippen molar-refractivity contribution in [2.24, 2.45) is 5.92 Å². The Bertz CT molecular complexity index is 801. The summed E-state index contributed by atoms with van der Waals surface area (Å²) in [5.74, 6) is -0.957. The maximum atomic E-state index is 12.4. The van der Waals surface area contributed by atoms with Gasteiger partial charge in [0.1, 0.15) is 5.01 Å². The van der Waals surface area contributed by atoms with Crippen LogP contribution in [-0.2, 0) is 23.2 Å². The van der Waals surface area contributed by atoms with E-state index in [4.69, 9.17) is 5.11 Å². The molecule has 1 fully saturated rings. The van der Waals surface area contributed by atoms with E-state index in [-0.39, 0.29) is 22.9 Å². The van der Waals surface area contributed by atoms with E-state index in [1.165, 1.54) is 27.8 Å².